The van der Waals surface area contributed by atoms with E-state index in [2.05, 4.69) is 36.0 Å². The van der Waals surface area contributed by atoms with Gasteiger partial charge >= 0.3 is 0 Å². The van der Waals surface area contributed by atoms with Gasteiger partial charge in [-0.15, -0.1) is 0 Å². The van der Waals surface area contributed by atoms with Crippen molar-refractivity contribution in [3.63, 3.8) is 0 Å². The number of pyridine rings is 1. The van der Waals surface area contributed by atoms with Gasteiger partial charge in [0, 0.05) is 31.5 Å². The number of aliphatic hydroxyl groups excluding tert-OH is 1. The summed E-state index contributed by atoms with van der Waals surface area (Å²) >= 11 is 0. The Morgan fingerprint density at radius 3 is 2.44 bits per heavy atom. The van der Waals surface area contributed by atoms with Crippen LogP contribution in [0.15, 0.2) is 24.5 Å². The van der Waals surface area contributed by atoms with Crippen LogP contribution in [0, 0.1) is 0 Å². The monoisotopic (exact) mass is 251 g/mol. The first kappa shape index (κ1) is 15.1. The van der Waals surface area contributed by atoms with Gasteiger partial charge in [0.15, 0.2) is 0 Å². The molecule has 0 bridgehead atoms. The first-order valence-electron chi connectivity index (χ1n) is 6.71. The molecule has 4 heteroatoms. The van der Waals surface area contributed by atoms with Crippen molar-refractivity contribution < 1.29 is 5.11 Å². The fourth-order valence-corrected chi connectivity index (χ4v) is 1.93. The second kappa shape index (κ2) is 8.19. The van der Waals surface area contributed by atoms with Crippen LogP contribution in [0.2, 0.25) is 0 Å². The first-order chi connectivity index (χ1) is 8.67. The van der Waals surface area contributed by atoms with E-state index in [0.717, 1.165) is 19.6 Å². The molecule has 1 heterocycles. The van der Waals surface area contributed by atoms with E-state index in [1.54, 1.807) is 12.4 Å². The highest BCUT2D eigenvalue weighted by Crippen LogP contribution is 2.09. The van der Waals surface area contributed by atoms with E-state index in [-0.39, 0.29) is 12.1 Å². The summed E-state index contributed by atoms with van der Waals surface area (Å²) in [5, 5.41) is 13.3. The lowest BCUT2D eigenvalue weighted by Gasteiger charge is -2.23. The molecule has 0 fully saturated rings. The SMILES string of the molecule is CCN(CC)CC(O)CN[C@@H](C)c1ccncc1. The largest absolute Gasteiger partial charge is 0.390 e. The van der Waals surface area contributed by atoms with Crippen molar-refractivity contribution in [2.45, 2.75) is 32.9 Å². The minimum absolute atomic E-state index is 0.236. The quantitative estimate of drug-likeness (QED) is 0.734. The van der Waals surface area contributed by atoms with Crippen molar-refractivity contribution in [1.29, 1.82) is 0 Å². The van der Waals surface area contributed by atoms with Crippen LogP contribution >= 0.6 is 0 Å². The van der Waals surface area contributed by atoms with E-state index in [1.165, 1.54) is 5.56 Å². The molecule has 2 atom stereocenters. The number of likely N-dealkylation sites (N-methyl/N-ethyl adjacent to an activating group) is 1. The third-order valence-corrected chi connectivity index (χ3v) is 3.23. The van der Waals surface area contributed by atoms with Crippen molar-refractivity contribution in [3.8, 4) is 0 Å². The number of nitrogens with one attached hydrogen (secondary N) is 1. The van der Waals surface area contributed by atoms with Crippen LogP contribution in [-0.2, 0) is 0 Å². The minimum atomic E-state index is -0.325. The van der Waals surface area contributed by atoms with Gasteiger partial charge in [-0.2, -0.15) is 0 Å². The smallest absolute Gasteiger partial charge is 0.0791 e. The third kappa shape index (κ3) is 5.12. The minimum Gasteiger partial charge on any atom is -0.390 e. The standard InChI is InChI=1S/C14H25N3O/c1-4-17(5-2)11-14(18)10-16-12(3)13-6-8-15-9-7-13/h6-9,12,14,16,18H,4-5,10-11H2,1-3H3/t12-,14?/m0/s1. The lowest BCUT2D eigenvalue weighted by molar-refractivity contribution is 0.114. The van der Waals surface area contributed by atoms with Gasteiger partial charge in [-0.25, -0.2) is 0 Å². The molecule has 18 heavy (non-hydrogen) atoms. The van der Waals surface area contributed by atoms with Crippen molar-refractivity contribution in [3.05, 3.63) is 30.1 Å². The molecule has 0 aliphatic rings. The van der Waals surface area contributed by atoms with Crippen LogP contribution in [0.25, 0.3) is 0 Å². The first-order valence-corrected chi connectivity index (χ1v) is 6.71. The van der Waals surface area contributed by atoms with Crippen molar-refractivity contribution in [2.75, 3.05) is 26.2 Å². The van der Waals surface area contributed by atoms with Crippen LogP contribution in [0.4, 0.5) is 0 Å². The molecule has 0 saturated carbocycles. The fourth-order valence-electron chi connectivity index (χ4n) is 1.93. The zero-order valence-electron chi connectivity index (χ0n) is 11.6. The van der Waals surface area contributed by atoms with Gasteiger partial charge in [-0.1, -0.05) is 13.8 Å². The average molecular weight is 251 g/mol. The van der Waals surface area contributed by atoms with Gasteiger partial charge in [-0.3, -0.25) is 4.98 Å². The molecule has 0 aliphatic heterocycles. The maximum Gasteiger partial charge on any atom is 0.0791 e. The van der Waals surface area contributed by atoms with E-state index in [9.17, 15) is 5.11 Å². The van der Waals surface area contributed by atoms with Crippen LogP contribution in [0.3, 0.4) is 0 Å². The predicted octanol–water partition coefficient (Wildman–Crippen LogP) is 1.43. The number of aromatic nitrogens is 1. The molecule has 0 aromatic carbocycles. The number of aliphatic hydroxyl groups is 1. The molecule has 1 rings (SSSR count). The highest BCUT2D eigenvalue weighted by atomic mass is 16.3. The van der Waals surface area contributed by atoms with Crippen molar-refractivity contribution >= 4 is 0 Å². The molecule has 4 nitrogen and oxygen atoms in total. The summed E-state index contributed by atoms with van der Waals surface area (Å²) in [7, 11) is 0. The molecule has 0 spiro atoms. The summed E-state index contributed by atoms with van der Waals surface area (Å²) in [4.78, 5) is 6.23. The van der Waals surface area contributed by atoms with Gasteiger partial charge in [0.05, 0.1) is 6.10 Å². The number of hydrogen-bond donors (Lipinski definition) is 2. The molecule has 2 N–H and O–H groups in total. The topological polar surface area (TPSA) is 48.4 Å². The van der Waals surface area contributed by atoms with Crippen LogP contribution < -0.4 is 5.32 Å². The van der Waals surface area contributed by atoms with Crippen LogP contribution in [0.5, 0.6) is 0 Å². The highest BCUT2D eigenvalue weighted by molar-refractivity contribution is 5.13. The molecule has 0 amide bonds. The molecule has 0 saturated heterocycles. The highest BCUT2D eigenvalue weighted by Gasteiger charge is 2.11. The third-order valence-electron chi connectivity index (χ3n) is 3.23. The number of nitrogens with zero attached hydrogens (tertiary/aromatic N) is 2. The maximum absolute atomic E-state index is 9.96. The second-order valence-corrected chi connectivity index (χ2v) is 4.55. The summed E-state index contributed by atoms with van der Waals surface area (Å²) in [6.07, 6.45) is 3.26. The normalized spacial score (nSPS) is 14.7. The van der Waals surface area contributed by atoms with E-state index >= 15 is 0 Å². The van der Waals surface area contributed by atoms with Gasteiger partial charge in [0.1, 0.15) is 0 Å². The van der Waals surface area contributed by atoms with E-state index < -0.39 is 0 Å². The molecule has 1 aromatic rings. The zero-order chi connectivity index (χ0) is 13.4. The van der Waals surface area contributed by atoms with Gasteiger partial charge in [0.25, 0.3) is 0 Å². The molecule has 0 aliphatic carbocycles. The van der Waals surface area contributed by atoms with Crippen LogP contribution in [0.1, 0.15) is 32.4 Å². The molecule has 0 radical (unpaired) electrons. The van der Waals surface area contributed by atoms with Gasteiger partial charge in [0.2, 0.25) is 0 Å². The second-order valence-electron chi connectivity index (χ2n) is 4.55. The Balaban J connectivity index is 2.32. The number of hydrogen-bond acceptors (Lipinski definition) is 4. The summed E-state index contributed by atoms with van der Waals surface area (Å²) < 4.78 is 0. The van der Waals surface area contributed by atoms with E-state index in [4.69, 9.17) is 0 Å². The molecule has 102 valence electrons. The van der Waals surface area contributed by atoms with Crippen molar-refractivity contribution in [2.24, 2.45) is 0 Å². The van der Waals surface area contributed by atoms with Gasteiger partial charge in [-0.05, 0) is 37.7 Å². The Kier molecular flexibility index (Phi) is 6.86. The van der Waals surface area contributed by atoms with E-state index in [1.807, 2.05) is 12.1 Å². The fraction of sp³-hybridized carbons (Fsp3) is 0.643. The average Bonchev–Trinajstić information content (AvgIpc) is 2.43. The maximum atomic E-state index is 9.96. The predicted molar refractivity (Wildman–Crippen MR) is 74.4 cm³/mol. The van der Waals surface area contributed by atoms with Crippen LogP contribution in [-0.4, -0.2) is 47.3 Å². The molecular weight excluding hydrogens is 226 g/mol. The Morgan fingerprint density at radius 2 is 1.89 bits per heavy atom. The summed E-state index contributed by atoms with van der Waals surface area (Å²) in [6.45, 7) is 9.62. The Bertz CT molecular complexity index is 314. The molecule has 1 aromatic heterocycles. The summed E-state index contributed by atoms with van der Waals surface area (Å²) in [6, 6.07) is 4.22. The number of rotatable bonds is 8. The van der Waals surface area contributed by atoms with Crippen molar-refractivity contribution in [1.82, 2.24) is 15.2 Å². The van der Waals surface area contributed by atoms with Gasteiger partial charge < -0.3 is 15.3 Å². The molecule has 1 unspecified atom stereocenters. The lowest BCUT2D eigenvalue weighted by atomic mass is 10.1. The summed E-state index contributed by atoms with van der Waals surface area (Å²) in [5.41, 5.74) is 1.19. The van der Waals surface area contributed by atoms with E-state index in [0.29, 0.717) is 6.54 Å². The Morgan fingerprint density at radius 1 is 1.28 bits per heavy atom. The molecular formula is C14H25N3O. The lowest BCUT2D eigenvalue weighted by Crippen LogP contribution is -2.38. The Labute approximate surface area is 110 Å². The Hall–Kier alpha value is -0.970. The summed E-state index contributed by atoms with van der Waals surface area (Å²) in [5.74, 6) is 0. The zero-order valence-corrected chi connectivity index (χ0v) is 11.6.